The zero-order valence-corrected chi connectivity index (χ0v) is 23.4. The first kappa shape index (κ1) is 26.1. The van der Waals surface area contributed by atoms with Gasteiger partial charge in [0.1, 0.15) is 0 Å². The molecule has 192 valence electrons. The first-order chi connectivity index (χ1) is 19.2. The first-order valence-electron chi connectivity index (χ1n) is 13.8. The van der Waals surface area contributed by atoms with E-state index in [2.05, 4.69) is 140 Å². The molecule has 0 saturated heterocycles. The molecule has 0 radical (unpaired) electrons. The van der Waals surface area contributed by atoms with Gasteiger partial charge in [-0.2, -0.15) is 0 Å². The van der Waals surface area contributed by atoms with Gasteiger partial charge in [0.05, 0.1) is 0 Å². The van der Waals surface area contributed by atoms with Gasteiger partial charge in [-0.25, -0.2) is 0 Å². The Bertz CT molecular complexity index is 1600. The van der Waals surface area contributed by atoms with E-state index >= 15 is 0 Å². The molecule has 2 nitrogen and oxygen atoms in total. The Morgan fingerprint density at radius 2 is 1.41 bits per heavy atom. The molecular weight excluding hydrogens is 471 g/mol. The molecule has 2 heterocycles. The Kier molecular flexibility index (Phi) is 7.43. The largest absolute Gasteiger partial charge is 0.311 e. The summed E-state index contributed by atoms with van der Waals surface area (Å²) in [5.41, 5.74) is 13.2. The van der Waals surface area contributed by atoms with Crippen molar-refractivity contribution in [1.29, 1.82) is 0 Å². The molecule has 0 spiro atoms. The third-order valence-electron chi connectivity index (χ3n) is 7.47. The van der Waals surface area contributed by atoms with Crippen LogP contribution in [0.1, 0.15) is 38.8 Å². The average Bonchev–Trinajstić information content (AvgIpc) is 3.00. The summed E-state index contributed by atoms with van der Waals surface area (Å²) in [6, 6.07) is 30.7. The summed E-state index contributed by atoms with van der Waals surface area (Å²) in [7, 11) is 0. The molecule has 0 saturated carbocycles. The van der Waals surface area contributed by atoms with E-state index in [0.717, 1.165) is 22.5 Å². The third kappa shape index (κ3) is 4.06. The maximum atomic E-state index is 4.23. The first-order valence-corrected chi connectivity index (χ1v) is 13.8. The Labute approximate surface area is 234 Å². The van der Waals surface area contributed by atoms with Crippen molar-refractivity contribution in [3.8, 4) is 0 Å². The predicted molar refractivity (Wildman–Crippen MR) is 174 cm³/mol. The second-order valence-electron chi connectivity index (χ2n) is 9.34. The molecule has 2 aliphatic rings. The lowest BCUT2D eigenvalue weighted by Gasteiger charge is -2.45. The highest BCUT2D eigenvalue weighted by atomic mass is 15.2. The predicted octanol–water partition coefficient (Wildman–Crippen LogP) is 8.23. The lowest BCUT2D eigenvalue weighted by Crippen LogP contribution is -2.61. The van der Waals surface area contributed by atoms with Crippen LogP contribution in [-0.4, -0.2) is 6.71 Å². The molecule has 4 aromatic rings. The fraction of sp³-hybridized carbons (Fsp3) is 0.111. The number of allylic oxidation sites excluding steroid dienone is 3. The smallest absolute Gasteiger partial charge is 0.252 e. The molecule has 0 N–H and O–H groups in total. The molecule has 0 amide bonds. The minimum absolute atomic E-state index is 0.106. The second-order valence-corrected chi connectivity index (χ2v) is 9.34. The molecule has 0 atom stereocenters. The molecule has 2 aliphatic heterocycles. The number of rotatable bonds is 5. The van der Waals surface area contributed by atoms with Gasteiger partial charge in [-0.3, -0.25) is 0 Å². The van der Waals surface area contributed by atoms with Gasteiger partial charge in [-0.1, -0.05) is 106 Å². The third-order valence-corrected chi connectivity index (χ3v) is 7.47. The maximum absolute atomic E-state index is 4.23. The van der Waals surface area contributed by atoms with Gasteiger partial charge in [0.15, 0.2) is 0 Å². The van der Waals surface area contributed by atoms with Crippen LogP contribution < -0.4 is 26.2 Å². The van der Waals surface area contributed by atoms with Crippen LogP contribution >= 0.6 is 0 Å². The van der Waals surface area contributed by atoms with Gasteiger partial charge in [-0.05, 0) is 72.2 Å². The van der Waals surface area contributed by atoms with Crippen LogP contribution in [0.4, 0.5) is 28.4 Å². The Morgan fingerprint density at radius 3 is 2.10 bits per heavy atom. The van der Waals surface area contributed by atoms with Gasteiger partial charge < -0.3 is 9.80 Å². The summed E-state index contributed by atoms with van der Waals surface area (Å²) >= 11 is 0. The highest BCUT2D eigenvalue weighted by molar-refractivity contribution is 7.00. The molecule has 3 heteroatoms. The van der Waals surface area contributed by atoms with Gasteiger partial charge in [-0.15, -0.1) is 0 Å². The molecule has 0 aliphatic carbocycles. The number of benzene rings is 4. The van der Waals surface area contributed by atoms with Crippen molar-refractivity contribution in [3.63, 3.8) is 0 Å². The lowest BCUT2D eigenvalue weighted by molar-refractivity contribution is 1.19. The molecule has 4 aromatic carbocycles. The van der Waals surface area contributed by atoms with Gasteiger partial charge in [0.25, 0.3) is 6.71 Å². The molecule has 0 bridgehead atoms. The van der Waals surface area contributed by atoms with Crippen molar-refractivity contribution >= 4 is 63.7 Å². The summed E-state index contributed by atoms with van der Waals surface area (Å²) in [4.78, 5) is 4.82. The van der Waals surface area contributed by atoms with E-state index in [9.17, 15) is 0 Å². The van der Waals surface area contributed by atoms with Crippen LogP contribution in [0, 0.1) is 0 Å². The van der Waals surface area contributed by atoms with Gasteiger partial charge in [0, 0.05) is 39.7 Å². The standard InChI is InChI=1S/C34H29BN2.C2H6/c1-5-15-25(7-3)37-32-21-14-20-31-33(32)35(29-23-22-24(6-2)27(8-4)34(29)37)28-18-12-13-19-30(28)36(31)26-16-10-9-11-17-26;1-2/h5-23H,2,4H2,1,3H3;1-2H3/b15-5-,25-7+;. The van der Waals surface area contributed by atoms with E-state index in [1.54, 1.807) is 0 Å². The van der Waals surface area contributed by atoms with Crippen LogP contribution in [-0.2, 0) is 0 Å². The summed E-state index contributed by atoms with van der Waals surface area (Å²) in [6.07, 6.45) is 10.4. The number of anilines is 5. The van der Waals surface area contributed by atoms with Crippen molar-refractivity contribution in [2.75, 3.05) is 9.80 Å². The highest BCUT2D eigenvalue weighted by Crippen LogP contribution is 2.43. The van der Waals surface area contributed by atoms with Crippen LogP contribution in [0.2, 0.25) is 0 Å². The minimum Gasteiger partial charge on any atom is -0.311 e. The van der Waals surface area contributed by atoms with Crippen LogP contribution in [0.15, 0.2) is 122 Å². The zero-order valence-electron chi connectivity index (χ0n) is 23.4. The van der Waals surface area contributed by atoms with Crippen molar-refractivity contribution in [2.24, 2.45) is 0 Å². The number of hydrogen-bond acceptors (Lipinski definition) is 2. The van der Waals surface area contributed by atoms with Crippen molar-refractivity contribution in [1.82, 2.24) is 0 Å². The molecule has 0 aromatic heterocycles. The molecule has 0 fully saturated rings. The second kappa shape index (κ2) is 11.1. The quantitative estimate of drug-likeness (QED) is 0.175. The van der Waals surface area contributed by atoms with E-state index in [4.69, 9.17) is 0 Å². The monoisotopic (exact) mass is 506 g/mol. The molecule has 0 unspecified atom stereocenters. The number of para-hydroxylation sites is 2. The minimum atomic E-state index is 0.106. The van der Waals surface area contributed by atoms with Crippen molar-refractivity contribution in [3.05, 3.63) is 133 Å². The van der Waals surface area contributed by atoms with E-state index < -0.39 is 0 Å². The van der Waals surface area contributed by atoms with E-state index in [1.807, 2.05) is 26.0 Å². The zero-order chi connectivity index (χ0) is 27.5. The highest BCUT2D eigenvalue weighted by Gasteiger charge is 2.43. The summed E-state index contributed by atoms with van der Waals surface area (Å²) in [6.45, 7) is 16.6. The van der Waals surface area contributed by atoms with Crippen molar-refractivity contribution in [2.45, 2.75) is 27.7 Å². The molecular formula is C36H35BN2. The van der Waals surface area contributed by atoms with Crippen LogP contribution in [0.5, 0.6) is 0 Å². The number of hydrogen-bond donors (Lipinski definition) is 0. The SMILES string of the molecule is C=Cc1ccc2c(c1C=C)N(C(/C=C\C)=C/C)c1cccc3c1B2c1ccccc1N3c1ccccc1.CC. The van der Waals surface area contributed by atoms with E-state index in [0.29, 0.717) is 0 Å². The summed E-state index contributed by atoms with van der Waals surface area (Å²) in [5, 5.41) is 0. The Balaban J connectivity index is 0.00000151. The fourth-order valence-corrected chi connectivity index (χ4v) is 6.00. The van der Waals surface area contributed by atoms with Crippen LogP contribution in [0.25, 0.3) is 12.2 Å². The summed E-state index contributed by atoms with van der Waals surface area (Å²) in [5.74, 6) is 0. The summed E-state index contributed by atoms with van der Waals surface area (Å²) < 4.78 is 0. The molecule has 6 rings (SSSR count). The molecule has 39 heavy (non-hydrogen) atoms. The number of fused-ring (bicyclic) bond motifs is 4. The van der Waals surface area contributed by atoms with Gasteiger partial charge >= 0.3 is 0 Å². The Hall–Kier alpha value is -4.50. The average molecular weight is 507 g/mol. The van der Waals surface area contributed by atoms with E-state index in [-0.39, 0.29) is 6.71 Å². The Morgan fingerprint density at radius 1 is 0.718 bits per heavy atom. The van der Waals surface area contributed by atoms with Crippen LogP contribution in [0.3, 0.4) is 0 Å². The topological polar surface area (TPSA) is 6.48 Å². The lowest BCUT2D eigenvalue weighted by atomic mass is 9.33. The number of nitrogens with zero attached hydrogens (tertiary/aromatic N) is 2. The van der Waals surface area contributed by atoms with E-state index in [1.165, 1.54) is 39.1 Å². The van der Waals surface area contributed by atoms with Crippen molar-refractivity contribution < 1.29 is 0 Å². The maximum Gasteiger partial charge on any atom is 0.252 e. The van der Waals surface area contributed by atoms with Gasteiger partial charge in [0.2, 0.25) is 0 Å². The fourth-order valence-electron chi connectivity index (χ4n) is 6.00. The normalized spacial score (nSPS) is 13.2.